The van der Waals surface area contributed by atoms with Gasteiger partial charge in [-0.2, -0.15) is 0 Å². The highest BCUT2D eigenvalue weighted by molar-refractivity contribution is 5.89. The number of carboxylic acids is 1. The zero-order valence-electron chi connectivity index (χ0n) is 10.7. The van der Waals surface area contributed by atoms with E-state index < -0.39 is 24.1 Å². The van der Waals surface area contributed by atoms with Gasteiger partial charge in [-0.3, -0.25) is 0 Å². The molecule has 0 aromatic heterocycles. The molecule has 0 saturated heterocycles. The van der Waals surface area contributed by atoms with E-state index in [2.05, 4.69) is 4.74 Å². The number of aliphatic carboxylic acids is 1. The highest BCUT2D eigenvalue weighted by Gasteiger charge is 2.38. The number of alkyl halides is 3. The standard InChI is InChI=1S/C12H11F3N2O4/c1-17-9(8(11(18)19)10(16)21-17)6-3-2-4-7(5-6)20-12(13,14)15/h2-5,9H,16H2,1H3,(H,18,19). The molecule has 1 aliphatic heterocycles. The molecule has 6 nitrogen and oxygen atoms in total. The minimum Gasteiger partial charge on any atom is -0.478 e. The van der Waals surface area contributed by atoms with Crippen molar-refractivity contribution in [2.24, 2.45) is 5.73 Å². The van der Waals surface area contributed by atoms with Crippen LogP contribution in [0.25, 0.3) is 0 Å². The van der Waals surface area contributed by atoms with Crippen LogP contribution < -0.4 is 10.5 Å². The molecule has 1 heterocycles. The van der Waals surface area contributed by atoms with E-state index in [0.717, 1.165) is 17.2 Å². The van der Waals surface area contributed by atoms with Gasteiger partial charge in [0.25, 0.3) is 0 Å². The van der Waals surface area contributed by atoms with Crippen LogP contribution in [0.4, 0.5) is 13.2 Å². The first kappa shape index (κ1) is 15.0. The first-order valence-electron chi connectivity index (χ1n) is 5.68. The zero-order chi connectivity index (χ0) is 15.8. The lowest BCUT2D eigenvalue weighted by Crippen LogP contribution is -2.22. The van der Waals surface area contributed by atoms with Gasteiger partial charge in [0.15, 0.2) is 0 Å². The lowest BCUT2D eigenvalue weighted by atomic mass is 9.99. The van der Waals surface area contributed by atoms with E-state index in [4.69, 9.17) is 15.7 Å². The monoisotopic (exact) mass is 304 g/mol. The molecule has 0 amide bonds. The van der Waals surface area contributed by atoms with Crippen molar-refractivity contribution < 1.29 is 32.6 Å². The summed E-state index contributed by atoms with van der Waals surface area (Å²) in [6.45, 7) is 0. The number of hydrogen-bond donors (Lipinski definition) is 2. The average Bonchev–Trinajstić information content (AvgIpc) is 2.62. The SMILES string of the molecule is CN1OC(N)=C(C(=O)O)C1c1cccc(OC(F)(F)F)c1. The van der Waals surface area contributed by atoms with Crippen molar-refractivity contribution in [2.45, 2.75) is 12.4 Å². The van der Waals surface area contributed by atoms with Gasteiger partial charge in [0.1, 0.15) is 17.4 Å². The zero-order valence-corrected chi connectivity index (χ0v) is 10.7. The molecule has 2 rings (SSSR count). The van der Waals surface area contributed by atoms with Gasteiger partial charge in [0, 0.05) is 7.05 Å². The minimum atomic E-state index is -4.83. The smallest absolute Gasteiger partial charge is 0.478 e. The van der Waals surface area contributed by atoms with Crippen LogP contribution in [0.15, 0.2) is 35.7 Å². The van der Waals surface area contributed by atoms with Crippen molar-refractivity contribution in [1.29, 1.82) is 0 Å². The van der Waals surface area contributed by atoms with Gasteiger partial charge in [0.2, 0.25) is 5.88 Å². The molecule has 0 radical (unpaired) electrons. The van der Waals surface area contributed by atoms with Crippen LogP contribution in [0, 0.1) is 0 Å². The fourth-order valence-electron chi connectivity index (χ4n) is 2.05. The molecule has 1 aliphatic rings. The summed E-state index contributed by atoms with van der Waals surface area (Å²) >= 11 is 0. The van der Waals surface area contributed by atoms with Crippen LogP contribution >= 0.6 is 0 Å². The second kappa shape index (κ2) is 5.17. The minimum absolute atomic E-state index is 0.247. The molecular weight excluding hydrogens is 293 g/mol. The van der Waals surface area contributed by atoms with E-state index in [1.54, 1.807) is 0 Å². The molecule has 0 spiro atoms. The van der Waals surface area contributed by atoms with Crippen LogP contribution in [-0.2, 0) is 9.63 Å². The van der Waals surface area contributed by atoms with Crippen LogP contribution in [-0.4, -0.2) is 29.5 Å². The first-order valence-corrected chi connectivity index (χ1v) is 5.68. The Bertz CT molecular complexity index is 600. The predicted molar refractivity (Wildman–Crippen MR) is 63.6 cm³/mol. The number of hydroxylamine groups is 2. The number of ether oxygens (including phenoxy) is 1. The Kier molecular flexibility index (Phi) is 3.69. The van der Waals surface area contributed by atoms with Crippen molar-refractivity contribution >= 4 is 5.97 Å². The normalized spacial score (nSPS) is 19.5. The summed E-state index contributed by atoms with van der Waals surface area (Å²) in [5.41, 5.74) is 5.46. The van der Waals surface area contributed by atoms with Crippen molar-refractivity contribution in [3.63, 3.8) is 0 Å². The Balaban J connectivity index is 2.37. The summed E-state index contributed by atoms with van der Waals surface area (Å²) in [4.78, 5) is 16.2. The third-order valence-corrected chi connectivity index (χ3v) is 2.78. The van der Waals surface area contributed by atoms with E-state index in [1.807, 2.05) is 0 Å². The summed E-state index contributed by atoms with van der Waals surface area (Å²) in [5.74, 6) is -2.08. The van der Waals surface area contributed by atoms with Gasteiger partial charge in [-0.05, 0) is 17.7 Å². The van der Waals surface area contributed by atoms with Crippen molar-refractivity contribution in [3.05, 3.63) is 41.3 Å². The average molecular weight is 304 g/mol. The van der Waals surface area contributed by atoms with E-state index in [-0.39, 0.29) is 17.0 Å². The molecule has 9 heteroatoms. The van der Waals surface area contributed by atoms with Crippen molar-refractivity contribution in [3.8, 4) is 5.75 Å². The maximum atomic E-state index is 12.2. The number of likely N-dealkylation sites (N-methyl/N-ethyl adjacent to an activating group) is 1. The van der Waals surface area contributed by atoms with E-state index in [9.17, 15) is 18.0 Å². The lowest BCUT2D eigenvalue weighted by molar-refractivity contribution is -0.274. The molecule has 1 aromatic rings. The fourth-order valence-corrected chi connectivity index (χ4v) is 2.05. The molecule has 21 heavy (non-hydrogen) atoms. The number of rotatable bonds is 3. The Morgan fingerprint density at radius 2 is 2.14 bits per heavy atom. The Morgan fingerprint density at radius 3 is 2.71 bits per heavy atom. The number of hydrogen-bond acceptors (Lipinski definition) is 5. The molecule has 1 aromatic carbocycles. The van der Waals surface area contributed by atoms with Crippen LogP contribution in [0.5, 0.6) is 5.75 Å². The quantitative estimate of drug-likeness (QED) is 0.885. The summed E-state index contributed by atoms with van der Waals surface area (Å²) in [5, 5.41) is 10.3. The summed E-state index contributed by atoms with van der Waals surface area (Å²) in [6, 6.07) is 4.03. The highest BCUT2D eigenvalue weighted by Crippen LogP contribution is 2.37. The number of nitrogens with two attached hydrogens (primary N) is 1. The third kappa shape index (κ3) is 3.19. The largest absolute Gasteiger partial charge is 0.573 e. The summed E-state index contributed by atoms with van der Waals surface area (Å²) in [7, 11) is 1.42. The second-order valence-corrected chi connectivity index (χ2v) is 4.24. The number of nitrogens with zero attached hydrogens (tertiary/aromatic N) is 1. The van der Waals surface area contributed by atoms with E-state index in [0.29, 0.717) is 0 Å². The summed E-state index contributed by atoms with van der Waals surface area (Å²) in [6.07, 6.45) is -4.83. The third-order valence-electron chi connectivity index (χ3n) is 2.78. The Hall–Kier alpha value is -2.42. The van der Waals surface area contributed by atoms with Gasteiger partial charge in [-0.15, -0.1) is 18.2 Å². The van der Waals surface area contributed by atoms with Crippen LogP contribution in [0.2, 0.25) is 0 Å². The number of halogens is 3. The van der Waals surface area contributed by atoms with Gasteiger partial charge in [-0.1, -0.05) is 12.1 Å². The fraction of sp³-hybridized carbons (Fsp3) is 0.250. The van der Waals surface area contributed by atoms with Gasteiger partial charge in [-0.25, -0.2) is 4.79 Å². The van der Waals surface area contributed by atoms with Crippen LogP contribution in [0.1, 0.15) is 11.6 Å². The molecule has 0 fully saturated rings. The van der Waals surface area contributed by atoms with Gasteiger partial charge >= 0.3 is 12.3 Å². The van der Waals surface area contributed by atoms with E-state index in [1.165, 1.54) is 19.2 Å². The second-order valence-electron chi connectivity index (χ2n) is 4.24. The maximum Gasteiger partial charge on any atom is 0.573 e. The van der Waals surface area contributed by atoms with Gasteiger partial charge < -0.3 is 20.4 Å². The molecule has 1 atom stereocenters. The molecule has 0 bridgehead atoms. The summed E-state index contributed by atoms with van der Waals surface area (Å²) < 4.78 is 40.4. The number of benzene rings is 1. The van der Waals surface area contributed by atoms with Crippen molar-refractivity contribution in [2.75, 3.05) is 7.05 Å². The maximum absolute atomic E-state index is 12.2. The molecule has 1 unspecified atom stereocenters. The molecule has 0 aliphatic carbocycles. The first-order chi connectivity index (χ1) is 9.69. The molecule has 114 valence electrons. The number of carbonyl (C=O) groups is 1. The van der Waals surface area contributed by atoms with Crippen molar-refractivity contribution in [1.82, 2.24) is 5.06 Å². The van der Waals surface area contributed by atoms with Crippen LogP contribution in [0.3, 0.4) is 0 Å². The topological polar surface area (TPSA) is 85.0 Å². The van der Waals surface area contributed by atoms with Gasteiger partial charge in [0.05, 0.1) is 0 Å². The number of carboxylic acid groups (broad SMARTS) is 1. The molecular formula is C12H11F3N2O4. The van der Waals surface area contributed by atoms with E-state index >= 15 is 0 Å². The Labute approximate surface area is 117 Å². The Morgan fingerprint density at radius 1 is 1.48 bits per heavy atom. The predicted octanol–water partition coefficient (Wildman–Crippen LogP) is 1.76. The molecule has 3 N–H and O–H groups in total. The molecule has 0 saturated carbocycles. The highest BCUT2D eigenvalue weighted by atomic mass is 19.4. The lowest BCUT2D eigenvalue weighted by Gasteiger charge is -2.20.